The van der Waals surface area contributed by atoms with Gasteiger partial charge in [0.2, 0.25) is 0 Å². The van der Waals surface area contributed by atoms with E-state index in [0.717, 1.165) is 6.42 Å². The first kappa shape index (κ1) is 19.9. The summed E-state index contributed by atoms with van der Waals surface area (Å²) in [5, 5.41) is 7.03. The van der Waals surface area contributed by atoms with Crippen LogP contribution >= 0.6 is 12.4 Å². The van der Waals surface area contributed by atoms with Crippen LogP contribution in [0.3, 0.4) is 0 Å². The molecule has 0 aliphatic heterocycles. The lowest BCUT2D eigenvalue weighted by molar-refractivity contribution is 0.0927. The van der Waals surface area contributed by atoms with Crippen molar-refractivity contribution in [2.75, 3.05) is 6.54 Å². The number of benzene rings is 1. The first-order valence-corrected chi connectivity index (χ1v) is 7.68. The highest BCUT2D eigenvalue weighted by atomic mass is 35.5. The number of hydrogen-bond donors (Lipinski definition) is 2. The van der Waals surface area contributed by atoms with E-state index in [2.05, 4.69) is 24.3 Å². The minimum atomic E-state index is -0.328. The second kappa shape index (κ2) is 9.20. The summed E-state index contributed by atoms with van der Waals surface area (Å²) in [6, 6.07) is 11.7. The van der Waals surface area contributed by atoms with Crippen LogP contribution in [0.15, 0.2) is 47.3 Å². The van der Waals surface area contributed by atoms with Gasteiger partial charge in [-0.2, -0.15) is 9.78 Å². The predicted molar refractivity (Wildman–Crippen MR) is 96.8 cm³/mol. The molecule has 3 N–H and O–H groups in total. The van der Waals surface area contributed by atoms with Crippen LogP contribution < -0.4 is 16.6 Å². The van der Waals surface area contributed by atoms with Gasteiger partial charge in [0.05, 0.1) is 5.69 Å². The summed E-state index contributed by atoms with van der Waals surface area (Å²) in [6.07, 6.45) is 0.792. The maximum Gasteiger partial charge on any atom is 0.272 e. The highest BCUT2D eigenvalue weighted by molar-refractivity contribution is 5.92. The van der Waals surface area contributed by atoms with E-state index in [1.807, 2.05) is 18.2 Å². The quantitative estimate of drug-likeness (QED) is 0.830. The number of hydrogen-bond acceptors (Lipinski definition) is 4. The van der Waals surface area contributed by atoms with Crippen LogP contribution in [0.2, 0.25) is 0 Å². The summed E-state index contributed by atoms with van der Waals surface area (Å²) in [5.41, 5.74) is 6.22. The van der Waals surface area contributed by atoms with E-state index in [9.17, 15) is 9.59 Å². The van der Waals surface area contributed by atoms with E-state index in [0.29, 0.717) is 18.2 Å². The molecule has 0 saturated carbocycles. The Labute approximate surface area is 147 Å². The van der Waals surface area contributed by atoms with Gasteiger partial charge in [0.25, 0.3) is 11.5 Å². The van der Waals surface area contributed by atoms with Gasteiger partial charge >= 0.3 is 0 Å². The maximum absolute atomic E-state index is 12.3. The zero-order chi connectivity index (χ0) is 16.8. The van der Waals surface area contributed by atoms with Crippen molar-refractivity contribution in [2.45, 2.75) is 26.3 Å². The van der Waals surface area contributed by atoms with Crippen LogP contribution in [0.4, 0.5) is 0 Å². The Morgan fingerprint density at radius 2 is 1.88 bits per heavy atom. The summed E-state index contributed by atoms with van der Waals surface area (Å²) in [7, 11) is 0. The smallest absolute Gasteiger partial charge is 0.272 e. The van der Waals surface area contributed by atoms with Crippen LogP contribution in [0.1, 0.15) is 30.8 Å². The fraction of sp³-hybridized carbons (Fsp3) is 0.353. The summed E-state index contributed by atoms with van der Waals surface area (Å²) >= 11 is 0. The van der Waals surface area contributed by atoms with Gasteiger partial charge in [0.1, 0.15) is 5.69 Å². The van der Waals surface area contributed by atoms with Crippen LogP contribution in [-0.2, 0) is 0 Å². The maximum atomic E-state index is 12.3. The third-order valence-corrected chi connectivity index (χ3v) is 3.41. The number of para-hydroxylation sites is 1. The molecule has 0 aliphatic carbocycles. The van der Waals surface area contributed by atoms with Crippen molar-refractivity contribution in [2.24, 2.45) is 11.7 Å². The monoisotopic (exact) mass is 350 g/mol. The number of rotatable bonds is 6. The van der Waals surface area contributed by atoms with E-state index < -0.39 is 0 Å². The SMILES string of the molecule is CC(C)CC(CN)NC(=O)c1ccc(=O)n(-c2ccccc2)n1.Cl. The molecular weight excluding hydrogens is 328 g/mol. The standard InChI is InChI=1S/C17H22N4O2.ClH/c1-12(2)10-13(11-18)19-17(23)15-8-9-16(22)21(20-15)14-6-4-3-5-7-14;/h3-9,12-13H,10-11,18H2,1-2H3,(H,19,23);1H. The number of amides is 1. The lowest BCUT2D eigenvalue weighted by Gasteiger charge is -2.18. The number of carbonyl (C=O) groups excluding carboxylic acids is 1. The summed E-state index contributed by atoms with van der Waals surface area (Å²) < 4.78 is 1.22. The summed E-state index contributed by atoms with van der Waals surface area (Å²) in [4.78, 5) is 24.3. The van der Waals surface area contributed by atoms with Gasteiger partial charge in [-0.05, 0) is 30.5 Å². The van der Waals surface area contributed by atoms with Crippen LogP contribution in [0.25, 0.3) is 5.69 Å². The number of halogens is 1. The van der Waals surface area contributed by atoms with E-state index in [-0.39, 0.29) is 35.6 Å². The molecule has 24 heavy (non-hydrogen) atoms. The zero-order valence-corrected chi connectivity index (χ0v) is 14.6. The molecule has 0 aliphatic rings. The number of carbonyl (C=O) groups is 1. The van der Waals surface area contributed by atoms with Gasteiger partial charge in [-0.15, -0.1) is 12.4 Å². The normalized spacial score (nSPS) is 11.7. The number of aromatic nitrogens is 2. The number of nitrogens with two attached hydrogens (primary N) is 1. The molecule has 1 unspecified atom stereocenters. The van der Waals surface area contributed by atoms with Gasteiger partial charge in [0, 0.05) is 18.7 Å². The molecule has 1 heterocycles. The van der Waals surface area contributed by atoms with Crippen LogP contribution in [-0.4, -0.2) is 28.3 Å². The highest BCUT2D eigenvalue weighted by Crippen LogP contribution is 2.06. The molecule has 1 amide bonds. The van der Waals surface area contributed by atoms with Crippen molar-refractivity contribution in [1.29, 1.82) is 0 Å². The summed E-state index contributed by atoms with van der Waals surface area (Å²) in [5.74, 6) is 0.0980. The van der Waals surface area contributed by atoms with Crippen molar-refractivity contribution >= 4 is 18.3 Å². The molecule has 2 rings (SSSR count). The van der Waals surface area contributed by atoms with Gasteiger partial charge in [-0.1, -0.05) is 32.0 Å². The Balaban J connectivity index is 0.00000288. The van der Waals surface area contributed by atoms with Crippen molar-refractivity contribution in [3.8, 4) is 5.69 Å². The molecule has 0 bridgehead atoms. The molecule has 1 aromatic carbocycles. The van der Waals surface area contributed by atoms with Crippen molar-refractivity contribution in [3.05, 3.63) is 58.5 Å². The van der Waals surface area contributed by atoms with E-state index in [4.69, 9.17) is 5.73 Å². The van der Waals surface area contributed by atoms with Crippen LogP contribution in [0, 0.1) is 5.92 Å². The Morgan fingerprint density at radius 1 is 1.21 bits per heavy atom. The Kier molecular flexibility index (Phi) is 7.61. The van der Waals surface area contributed by atoms with Gasteiger partial charge in [-0.3, -0.25) is 9.59 Å². The molecular formula is C17H23ClN4O2. The minimum absolute atomic E-state index is 0. The third-order valence-electron chi connectivity index (χ3n) is 3.41. The fourth-order valence-corrected chi connectivity index (χ4v) is 2.33. The summed E-state index contributed by atoms with van der Waals surface area (Å²) in [6.45, 7) is 4.51. The second-order valence-corrected chi connectivity index (χ2v) is 5.84. The first-order valence-electron chi connectivity index (χ1n) is 7.68. The fourth-order valence-electron chi connectivity index (χ4n) is 2.33. The molecule has 0 spiro atoms. The van der Waals surface area contributed by atoms with Gasteiger partial charge < -0.3 is 11.1 Å². The predicted octanol–water partition coefficient (Wildman–Crippen LogP) is 1.76. The molecule has 1 aromatic heterocycles. The topological polar surface area (TPSA) is 90.0 Å². The molecule has 1 atom stereocenters. The molecule has 7 heteroatoms. The third kappa shape index (κ3) is 5.18. The van der Waals surface area contributed by atoms with Gasteiger partial charge in [-0.25, -0.2) is 0 Å². The van der Waals surface area contributed by atoms with E-state index in [1.54, 1.807) is 12.1 Å². The molecule has 130 valence electrons. The Morgan fingerprint density at radius 3 is 2.46 bits per heavy atom. The Hall–Kier alpha value is -2.18. The Bertz CT molecular complexity index is 716. The lowest BCUT2D eigenvalue weighted by atomic mass is 10.0. The average Bonchev–Trinajstić information content (AvgIpc) is 2.54. The average molecular weight is 351 g/mol. The first-order chi connectivity index (χ1) is 11.0. The lowest BCUT2D eigenvalue weighted by Crippen LogP contribution is -2.41. The number of nitrogens with one attached hydrogen (secondary N) is 1. The highest BCUT2D eigenvalue weighted by Gasteiger charge is 2.16. The van der Waals surface area contributed by atoms with Gasteiger partial charge in [0.15, 0.2) is 0 Å². The van der Waals surface area contributed by atoms with Crippen molar-refractivity contribution in [3.63, 3.8) is 0 Å². The van der Waals surface area contributed by atoms with E-state index in [1.165, 1.54) is 16.8 Å². The van der Waals surface area contributed by atoms with Crippen LogP contribution in [0.5, 0.6) is 0 Å². The zero-order valence-electron chi connectivity index (χ0n) is 13.8. The van der Waals surface area contributed by atoms with Crippen molar-refractivity contribution < 1.29 is 4.79 Å². The molecule has 0 saturated heterocycles. The molecule has 2 aromatic rings. The molecule has 0 fully saturated rings. The number of nitrogens with zero attached hydrogens (tertiary/aromatic N) is 2. The molecule has 0 radical (unpaired) electrons. The minimum Gasteiger partial charge on any atom is -0.347 e. The van der Waals surface area contributed by atoms with Crippen molar-refractivity contribution in [1.82, 2.24) is 15.1 Å². The van der Waals surface area contributed by atoms with E-state index >= 15 is 0 Å². The second-order valence-electron chi connectivity index (χ2n) is 5.84. The largest absolute Gasteiger partial charge is 0.347 e. The molecule has 6 nitrogen and oxygen atoms in total.